The van der Waals surface area contributed by atoms with Gasteiger partial charge in [-0.15, -0.1) is 0 Å². The van der Waals surface area contributed by atoms with Crippen molar-refractivity contribution in [2.24, 2.45) is 17.4 Å². The minimum absolute atomic E-state index is 0.306. The van der Waals surface area contributed by atoms with Crippen molar-refractivity contribution in [3.8, 4) is 0 Å². The quantitative estimate of drug-likeness (QED) is 0.184. The van der Waals surface area contributed by atoms with Crippen LogP contribution < -0.4 is 17.4 Å². The molecule has 0 saturated heterocycles. The summed E-state index contributed by atoms with van der Waals surface area (Å²) >= 11 is 0. The molecule has 36 valence electrons. The number of hydrazine groups is 2. The molecule has 0 unspecified atom stereocenters. The first-order chi connectivity index (χ1) is 2.64. The average Bonchev–Trinajstić information content (AvgIpc) is 1.36. The van der Waals surface area contributed by atoms with Crippen LogP contribution in [0.25, 0.3) is 0 Å². The third-order valence-electron chi connectivity index (χ3n) is 0.254. The molecule has 0 radical (unpaired) electrons. The van der Waals surface area contributed by atoms with Crippen LogP contribution >= 0.6 is 0 Å². The molecule has 0 aromatic heterocycles. The summed E-state index contributed by atoms with van der Waals surface area (Å²) in [5.74, 6) is 9.14. The maximum absolute atomic E-state index is 9.60. The van der Waals surface area contributed by atoms with Gasteiger partial charge in [-0.3, -0.25) is 0 Å². The van der Waals surface area contributed by atoms with Crippen LogP contribution in [0.3, 0.4) is 0 Å². The maximum Gasteiger partial charge on any atom is 0.343 e. The van der Waals surface area contributed by atoms with Gasteiger partial charge in [-0.05, 0) is 0 Å². The van der Waals surface area contributed by atoms with Crippen molar-refractivity contribution in [3.05, 3.63) is 0 Å². The van der Waals surface area contributed by atoms with Gasteiger partial charge in [0.15, 0.2) is 0 Å². The Balaban J connectivity index is 3.26. The molecule has 0 fully saturated rings. The lowest BCUT2D eigenvalue weighted by Crippen LogP contribution is -2.46. The van der Waals surface area contributed by atoms with Gasteiger partial charge in [0.05, 0.1) is 0 Å². The van der Waals surface area contributed by atoms with Crippen molar-refractivity contribution in [2.75, 3.05) is 0 Å². The van der Waals surface area contributed by atoms with Gasteiger partial charge in [0, 0.05) is 0 Å². The molecule has 0 aliphatic rings. The number of hydrogen-bond donors (Lipinski definition) is 3. The topological polar surface area (TPSA) is 98.4 Å². The smallest absolute Gasteiger partial charge is 0.343 e. The van der Waals surface area contributed by atoms with Crippen molar-refractivity contribution in [3.63, 3.8) is 0 Å². The normalized spacial score (nSPS) is 7.67. The Kier molecular flexibility index (Phi) is 1.37. The molecule has 0 heterocycles. The van der Waals surface area contributed by atoms with Crippen LogP contribution in [0.5, 0.6) is 0 Å². The van der Waals surface area contributed by atoms with E-state index in [0.29, 0.717) is 5.12 Å². The Morgan fingerprint density at radius 1 is 1.50 bits per heavy atom. The highest BCUT2D eigenvalue weighted by Gasteiger charge is 1.90. The third kappa shape index (κ3) is 1.50. The Labute approximate surface area is 34.6 Å². The summed E-state index contributed by atoms with van der Waals surface area (Å²) in [6.45, 7) is 0. The zero-order valence-corrected chi connectivity index (χ0v) is 3.09. The molecule has 2 amide bonds. The number of carbonyl (C=O) groups excluding carboxylic acids is 1. The van der Waals surface area contributed by atoms with E-state index in [-0.39, 0.29) is 0 Å². The molecule has 0 saturated carbocycles. The molecule has 0 bridgehead atoms. The van der Waals surface area contributed by atoms with Crippen LogP contribution in [-0.4, -0.2) is 11.1 Å². The monoisotopic (exact) mass is 90.1 g/mol. The first kappa shape index (κ1) is 5.19. The lowest BCUT2D eigenvalue weighted by atomic mass is 11.1. The van der Waals surface area contributed by atoms with Gasteiger partial charge in [-0.1, -0.05) is 0 Å². The molecular weight excluding hydrogens is 84.0 g/mol. The Bertz CT molecular complexity index is 58.6. The zero-order chi connectivity index (χ0) is 5.15. The van der Waals surface area contributed by atoms with Crippen molar-refractivity contribution >= 4 is 6.03 Å². The molecule has 0 spiro atoms. The molecule has 5 heteroatoms. The van der Waals surface area contributed by atoms with Crippen molar-refractivity contribution in [1.82, 2.24) is 5.12 Å². The third-order valence-corrected chi connectivity index (χ3v) is 0.254. The average molecular weight is 90.1 g/mol. The van der Waals surface area contributed by atoms with Gasteiger partial charge >= 0.3 is 6.03 Å². The molecule has 0 atom stereocenters. The van der Waals surface area contributed by atoms with Gasteiger partial charge in [0.25, 0.3) is 0 Å². The molecule has 0 aromatic rings. The summed E-state index contributed by atoms with van der Waals surface area (Å²) in [7, 11) is 0. The largest absolute Gasteiger partial charge is 0.349 e. The highest BCUT2D eigenvalue weighted by Crippen LogP contribution is 1.53. The lowest BCUT2D eigenvalue weighted by Gasteiger charge is -2.00. The minimum atomic E-state index is -0.852. The number of hydrogen-bond acceptors (Lipinski definition) is 3. The van der Waals surface area contributed by atoms with E-state index in [1.807, 2.05) is 0 Å². The van der Waals surface area contributed by atoms with E-state index in [1.165, 1.54) is 0 Å². The number of urea groups is 1. The standard InChI is InChI=1S/CH6N4O/c2-1(6)5(3)4/h3-4H2,(H2,2,6). The van der Waals surface area contributed by atoms with E-state index < -0.39 is 6.03 Å². The van der Waals surface area contributed by atoms with Crippen LogP contribution in [0.15, 0.2) is 0 Å². The number of rotatable bonds is 0. The highest BCUT2D eigenvalue weighted by atomic mass is 16.2. The molecular formula is CH6N4O. The second-order valence-electron chi connectivity index (χ2n) is 0.746. The molecule has 0 aliphatic carbocycles. The highest BCUT2D eigenvalue weighted by molar-refractivity contribution is 5.70. The van der Waals surface area contributed by atoms with Gasteiger partial charge in [0.1, 0.15) is 0 Å². The van der Waals surface area contributed by atoms with Crippen LogP contribution in [0.2, 0.25) is 0 Å². The number of carbonyl (C=O) groups is 1. The second-order valence-corrected chi connectivity index (χ2v) is 0.746. The Morgan fingerprint density at radius 3 is 1.67 bits per heavy atom. The van der Waals surface area contributed by atoms with E-state index >= 15 is 0 Å². The van der Waals surface area contributed by atoms with Gasteiger partial charge in [-0.25, -0.2) is 16.5 Å². The Hall–Kier alpha value is -0.810. The van der Waals surface area contributed by atoms with Crippen molar-refractivity contribution in [1.29, 1.82) is 0 Å². The molecule has 5 nitrogen and oxygen atoms in total. The van der Waals surface area contributed by atoms with Crippen LogP contribution in [0.4, 0.5) is 4.79 Å². The van der Waals surface area contributed by atoms with Crippen LogP contribution in [-0.2, 0) is 0 Å². The fourth-order valence-corrected chi connectivity index (χ4v) is 0. The lowest BCUT2D eigenvalue weighted by molar-refractivity contribution is 0.210. The number of amides is 2. The van der Waals surface area contributed by atoms with E-state index in [9.17, 15) is 4.79 Å². The van der Waals surface area contributed by atoms with Crippen molar-refractivity contribution < 1.29 is 4.79 Å². The molecule has 0 aromatic carbocycles. The predicted octanol–water partition coefficient (Wildman–Crippen LogP) is -1.89. The zero-order valence-electron chi connectivity index (χ0n) is 3.09. The summed E-state index contributed by atoms with van der Waals surface area (Å²) in [5, 5.41) is 0.306. The van der Waals surface area contributed by atoms with Crippen LogP contribution in [0, 0.1) is 0 Å². The number of nitrogens with two attached hydrogens (primary N) is 3. The van der Waals surface area contributed by atoms with E-state index in [2.05, 4.69) is 17.4 Å². The summed E-state index contributed by atoms with van der Waals surface area (Å²) in [4.78, 5) is 9.60. The fourth-order valence-electron chi connectivity index (χ4n) is 0. The van der Waals surface area contributed by atoms with Crippen LogP contribution in [0.1, 0.15) is 0 Å². The van der Waals surface area contributed by atoms with E-state index in [1.54, 1.807) is 0 Å². The summed E-state index contributed by atoms with van der Waals surface area (Å²) in [6.07, 6.45) is 0. The summed E-state index contributed by atoms with van der Waals surface area (Å²) in [6, 6.07) is -0.852. The first-order valence-corrected chi connectivity index (χ1v) is 1.23. The van der Waals surface area contributed by atoms with E-state index in [0.717, 1.165) is 0 Å². The number of nitrogens with zero attached hydrogens (tertiary/aromatic N) is 1. The molecule has 0 rings (SSSR count). The fraction of sp³-hybridized carbons (Fsp3) is 0. The predicted molar refractivity (Wildman–Crippen MR) is 19.8 cm³/mol. The Morgan fingerprint density at radius 2 is 1.67 bits per heavy atom. The summed E-state index contributed by atoms with van der Waals surface area (Å²) in [5.41, 5.74) is 4.47. The van der Waals surface area contributed by atoms with Gasteiger partial charge < -0.3 is 5.73 Å². The molecule has 6 N–H and O–H groups in total. The summed E-state index contributed by atoms with van der Waals surface area (Å²) < 4.78 is 0. The molecule has 0 aliphatic heterocycles. The van der Waals surface area contributed by atoms with E-state index in [4.69, 9.17) is 0 Å². The second kappa shape index (κ2) is 1.58. The first-order valence-electron chi connectivity index (χ1n) is 1.23. The maximum atomic E-state index is 9.60. The SMILES string of the molecule is NC(=O)N(N)N. The number of primary amides is 1. The minimum Gasteiger partial charge on any atom is -0.349 e. The van der Waals surface area contributed by atoms with Crippen molar-refractivity contribution in [2.45, 2.75) is 0 Å². The van der Waals surface area contributed by atoms with Gasteiger partial charge in [-0.2, -0.15) is 5.12 Å². The van der Waals surface area contributed by atoms with Gasteiger partial charge in [0.2, 0.25) is 0 Å². The molecule has 6 heavy (non-hydrogen) atoms.